The fourth-order valence-corrected chi connectivity index (χ4v) is 1.52. The zero-order chi connectivity index (χ0) is 11.4. The summed E-state index contributed by atoms with van der Waals surface area (Å²) in [5, 5.41) is 12.7. The van der Waals surface area contributed by atoms with E-state index in [4.69, 9.17) is 9.63 Å². The average Bonchev–Trinajstić information content (AvgIpc) is 2.51. The Morgan fingerprint density at radius 1 is 1.73 bits per heavy atom. The third-order valence-corrected chi connectivity index (χ3v) is 2.29. The minimum absolute atomic E-state index is 0.464. The fourth-order valence-electron chi connectivity index (χ4n) is 1.52. The molecule has 1 aromatic heterocycles. The number of aliphatic carboxylic acids is 1. The predicted octanol–water partition coefficient (Wildman–Crippen LogP) is 1.28. The minimum Gasteiger partial charge on any atom is -0.480 e. The molecule has 15 heavy (non-hydrogen) atoms. The van der Waals surface area contributed by atoms with Gasteiger partial charge in [-0.3, -0.25) is 9.69 Å². The molecule has 0 aliphatic rings. The molecule has 0 bridgehead atoms. The van der Waals surface area contributed by atoms with Gasteiger partial charge in [0.25, 0.3) is 0 Å². The summed E-state index contributed by atoms with van der Waals surface area (Å²) >= 11 is 0. The maximum atomic E-state index is 10.9. The van der Waals surface area contributed by atoms with Gasteiger partial charge in [0.1, 0.15) is 6.04 Å². The van der Waals surface area contributed by atoms with Crippen molar-refractivity contribution in [1.29, 1.82) is 0 Å². The molecule has 0 aliphatic carbocycles. The van der Waals surface area contributed by atoms with Gasteiger partial charge >= 0.3 is 5.97 Å². The summed E-state index contributed by atoms with van der Waals surface area (Å²) in [7, 11) is 1.76. The van der Waals surface area contributed by atoms with Crippen LogP contribution < -0.4 is 0 Å². The normalized spacial score (nSPS) is 13.1. The van der Waals surface area contributed by atoms with Crippen LogP contribution in [0.1, 0.15) is 24.8 Å². The zero-order valence-corrected chi connectivity index (χ0v) is 9.23. The summed E-state index contributed by atoms with van der Waals surface area (Å²) in [6, 6.07) is 1.33. The maximum absolute atomic E-state index is 10.9. The SMILES string of the molecule is CCC(C(=O)O)N(C)Cc1cc(C)no1. The standard InChI is InChI=1S/C10H16N2O3/c1-4-9(10(13)14)12(3)6-8-5-7(2)11-15-8/h5,9H,4,6H2,1-3H3,(H,13,14). The molecule has 0 spiro atoms. The van der Waals surface area contributed by atoms with Gasteiger partial charge in [-0.05, 0) is 20.4 Å². The molecule has 0 saturated carbocycles. The molecule has 1 unspecified atom stereocenters. The molecular weight excluding hydrogens is 196 g/mol. The van der Waals surface area contributed by atoms with Crippen LogP contribution in [0.5, 0.6) is 0 Å². The van der Waals surface area contributed by atoms with Crippen LogP contribution in [0.15, 0.2) is 10.6 Å². The molecule has 84 valence electrons. The Morgan fingerprint density at radius 3 is 2.80 bits per heavy atom. The Balaban J connectivity index is 2.61. The van der Waals surface area contributed by atoms with E-state index in [-0.39, 0.29) is 0 Å². The molecule has 5 nitrogen and oxygen atoms in total. The van der Waals surface area contributed by atoms with E-state index in [9.17, 15) is 4.79 Å². The van der Waals surface area contributed by atoms with Crippen molar-refractivity contribution in [1.82, 2.24) is 10.1 Å². The van der Waals surface area contributed by atoms with E-state index < -0.39 is 12.0 Å². The predicted molar refractivity (Wildman–Crippen MR) is 54.4 cm³/mol. The number of hydrogen-bond donors (Lipinski definition) is 1. The van der Waals surface area contributed by atoms with E-state index in [1.807, 2.05) is 19.9 Å². The summed E-state index contributed by atoms with van der Waals surface area (Å²) in [6.45, 7) is 4.15. The molecule has 1 aromatic rings. The molecule has 1 N–H and O–H groups in total. The first kappa shape index (κ1) is 11.7. The summed E-state index contributed by atoms with van der Waals surface area (Å²) in [4.78, 5) is 12.6. The summed E-state index contributed by atoms with van der Waals surface area (Å²) in [6.07, 6.45) is 0.568. The van der Waals surface area contributed by atoms with Gasteiger partial charge in [0.05, 0.1) is 12.2 Å². The van der Waals surface area contributed by atoms with Crippen LogP contribution in [0.4, 0.5) is 0 Å². The number of hydrogen-bond acceptors (Lipinski definition) is 4. The van der Waals surface area contributed by atoms with Crippen molar-refractivity contribution in [3.63, 3.8) is 0 Å². The molecule has 0 fully saturated rings. The molecule has 0 amide bonds. The van der Waals surface area contributed by atoms with Gasteiger partial charge in [-0.25, -0.2) is 0 Å². The first-order valence-corrected chi connectivity index (χ1v) is 4.89. The number of aryl methyl sites for hydroxylation is 1. The van der Waals surface area contributed by atoms with Crippen LogP contribution in [0.2, 0.25) is 0 Å². The Bertz CT molecular complexity index is 335. The summed E-state index contributed by atoms with van der Waals surface area (Å²) in [5.41, 5.74) is 0.807. The van der Waals surface area contributed by atoms with E-state index in [2.05, 4.69) is 5.16 Å². The van der Waals surface area contributed by atoms with Crippen LogP contribution in [0.3, 0.4) is 0 Å². The fraction of sp³-hybridized carbons (Fsp3) is 0.600. The highest BCUT2D eigenvalue weighted by atomic mass is 16.5. The Hall–Kier alpha value is -1.36. The van der Waals surface area contributed by atoms with Crippen LogP contribution in [-0.2, 0) is 11.3 Å². The van der Waals surface area contributed by atoms with Crippen LogP contribution in [0.25, 0.3) is 0 Å². The second-order valence-electron chi connectivity index (χ2n) is 3.61. The van der Waals surface area contributed by atoms with Gasteiger partial charge in [0.15, 0.2) is 5.76 Å². The molecule has 0 aromatic carbocycles. The third-order valence-electron chi connectivity index (χ3n) is 2.29. The van der Waals surface area contributed by atoms with Crippen molar-refractivity contribution >= 4 is 5.97 Å². The monoisotopic (exact) mass is 212 g/mol. The lowest BCUT2D eigenvalue weighted by molar-refractivity contribution is -0.143. The van der Waals surface area contributed by atoms with Crippen molar-refractivity contribution in [3.05, 3.63) is 17.5 Å². The van der Waals surface area contributed by atoms with Gasteiger partial charge in [0.2, 0.25) is 0 Å². The molecule has 0 saturated heterocycles. The van der Waals surface area contributed by atoms with Crippen molar-refractivity contribution in [3.8, 4) is 0 Å². The maximum Gasteiger partial charge on any atom is 0.320 e. The van der Waals surface area contributed by atoms with Gasteiger partial charge in [-0.15, -0.1) is 0 Å². The molecular formula is C10H16N2O3. The number of carbonyl (C=O) groups is 1. The second kappa shape index (κ2) is 4.93. The Labute approximate surface area is 88.7 Å². The first-order chi connectivity index (χ1) is 7.04. The molecule has 1 atom stereocenters. The van der Waals surface area contributed by atoms with Crippen LogP contribution >= 0.6 is 0 Å². The van der Waals surface area contributed by atoms with Gasteiger partial charge in [0, 0.05) is 6.07 Å². The van der Waals surface area contributed by atoms with Crippen LogP contribution in [-0.4, -0.2) is 34.2 Å². The van der Waals surface area contributed by atoms with E-state index in [1.165, 1.54) is 0 Å². The topological polar surface area (TPSA) is 66.6 Å². The zero-order valence-electron chi connectivity index (χ0n) is 9.23. The molecule has 5 heteroatoms. The van der Waals surface area contributed by atoms with E-state index in [0.29, 0.717) is 18.7 Å². The molecule has 1 heterocycles. The second-order valence-corrected chi connectivity index (χ2v) is 3.61. The number of likely N-dealkylation sites (N-methyl/N-ethyl adjacent to an activating group) is 1. The number of carboxylic acids is 1. The van der Waals surface area contributed by atoms with E-state index in [0.717, 1.165) is 5.69 Å². The quantitative estimate of drug-likeness (QED) is 0.796. The van der Waals surface area contributed by atoms with E-state index >= 15 is 0 Å². The summed E-state index contributed by atoms with van der Waals surface area (Å²) in [5.74, 6) is -0.120. The van der Waals surface area contributed by atoms with Gasteiger partial charge < -0.3 is 9.63 Å². The highest BCUT2D eigenvalue weighted by molar-refractivity contribution is 5.73. The lowest BCUT2D eigenvalue weighted by Gasteiger charge is -2.21. The minimum atomic E-state index is -0.809. The third kappa shape index (κ3) is 3.06. The highest BCUT2D eigenvalue weighted by Gasteiger charge is 2.21. The molecule has 1 rings (SSSR count). The largest absolute Gasteiger partial charge is 0.480 e. The summed E-state index contributed by atoms with van der Waals surface area (Å²) < 4.78 is 5.02. The number of carboxylic acid groups (broad SMARTS) is 1. The van der Waals surface area contributed by atoms with Crippen LogP contribution in [0, 0.1) is 6.92 Å². The number of nitrogens with zero attached hydrogens (tertiary/aromatic N) is 2. The highest BCUT2D eigenvalue weighted by Crippen LogP contribution is 2.09. The number of aromatic nitrogens is 1. The number of rotatable bonds is 5. The molecule has 0 aliphatic heterocycles. The first-order valence-electron chi connectivity index (χ1n) is 4.89. The van der Waals surface area contributed by atoms with Crippen molar-refractivity contribution in [2.75, 3.05) is 7.05 Å². The van der Waals surface area contributed by atoms with Gasteiger partial charge in [-0.1, -0.05) is 12.1 Å². The van der Waals surface area contributed by atoms with Gasteiger partial charge in [-0.2, -0.15) is 0 Å². The van der Waals surface area contributed by atoms with Crippen molar-refractivity contribution in [2.24, 2.45) is 0 Å². The Kier molecular flexibility index (Phi) is 3.85. The lowest BCUT2D eigenvalue weighted by Crippen LogP contribution is -2.37. The van der Waals surface area contributed by atoms with Crippen molar-refractivity contribution < 1.29 is 14.4 Å². The van der Waals surface area contributed by atoms with E-state index in [1.54, 1.807) is 11.9 Å². The Morgan fingerprint density at radius 2 is 2.40 bits per heavy atom. The average molecular weight is 212 g/mol. The smallest absolute Gasteiger partial charge is 0.320 e. The lowest BCUT2D eigenvalue weighted by atomic mass is 10.2. The van der Waals surface area contributed by atoms with Crippen molar-refractivity contribution in [2.45, 2.75) is 32.9 Å². The molecule has 0 radical (unpaired) electrons.